The maximum atomic E-state index is 5.89. The number of rotatable bonds is 5. The van der Waals surface area contributed by atoms with Gasteiger partial charge in [-0.2, -0.15) is 0 Å². The number of ether oxygens (including phenoxy) is 3. The molecule has 0 saturated carbocycles. The van der Waals surface area contributed by atoms with Crippen LogP contribution in [0, 0.1) is 0 Å². The van der Waals surface area contributed by atoms with Gasteiger partial charge in [0, 0.05) is 23.7 Å². The van der Waals surface area contributed by atoms with Crippen LogP contribution in [0.5, 0.6) is 17.2 Å². The van der Waals surface area contributed by atoms with Gasteiger partial charge in [-0.25, -0.2) is 4.98 Å². The molecule has 3 rings (SSSR count). The molecule has 2 N–H and O–H groups in total. The van der Waals surface area contributed by atoms with E-state index in [0.29, 0.717) is 12.4 Å². The number of hydrogen-bond donors (Lipinski definition) is 1. The molecule has 5 nitrogen and oxygen atoms in total. The number of aromatic nitrogens is 1. The average Bonchev–Trinajstić information content (AvgIpc) is 3.05. The van der Waals surface area contributed by atoms with Crippen LogP contribution >= 0.6 is 11.3 Å². The molecule has 1 aromatic carbocycles. The molecule has 1 aliphatic rings. The zero-order valence-electron chi connectivity index (χ0n) is 11.2. The Bertz CT molecular complexity index is 584. The van der Waals surface area contributed by atoms with Crippen LogP contribution < -0.4 is 19.9 Å². The third-order valence-electron chi connectivity index (χ3n) is 2.93. The van der Waals surface area contributed by atoms with Crippen LogP contribution in [0.2, 0.25) is 0 Å². The van der Waals surface area contributed by atoms with Crippen LogP contribution in [0.15, 0.2) is 23.7 Å². The predicted molar refractivity (Wildman–Crippen MR) is 76.4 cm³/mol. The first-order valence-electron chi connectivity index (χ1n) is 6.41. The molecule has 1 aliphatic heterocycles. The molecule has 0 fully saturated rings. The first-order valence-corrected chi connectivity index (χ1v) is 7.29. The van der Waals surface area contributed by atoms with Crippen LogP contribution in [0.25, 0.3) is 0 Å². The maximum Gasteiger partial charge on any atom is 0.231 e. The zero-order valence-corrected chi connectivity index (χ0v) is 12.0. The van der Waals surface area contributed by atoms with Crippen LogP contribution in [0.1, 0.15) is 17.5 Å². The molecule has 20 heavy (non-hydrogen) atoms. The summed E-state index contributed by atoms with van der Waals surface area (Å²) in [6.07, 6.45) is 2.50. The van der Waals surface area contributed by atoms with E-state index in [9.17, 15) is 0 Å². The van der Waals surface area contributed by atoms with E-state index in [2.05, 4.69) is 4.98 Å². The highest BCUT2D eigenvalue weighted by molar-refractivity contribution is 7.09. The minimum atomic E-state index is 0.0533. The summed E-state index contributed by atoms with van der Waals surface area (Å²) in [6, 6.07) is 3.87. The first kappa shape index (κ1) is 13.2. The Morgan fingerprint density at radius 3 is 2.90 bits per heavy atom. The first-order chi connectivity index (χ1) is 9.72. The molecule has 0 bridgehead atoms. The Balaban J connectivity index is 1.83. The molecule has 2 aromatic rings. The largest absolute Gasteiger partial charge is 0.486 e. The fourth-order valence-electron chi connectivity index (χ4n) is 2.07. The Labute approximate surface area is 121 Å². The highest BCUT2D eigenvalue weighted by atomic mass is 32.1. The van der Waals surface area contributed by atoms with E-state index in [1.807, 2.05) is 24.4 Å². The quantitative estimate of drug-likeness (QED) is 0.916. The second-order valence-corrected chi connectivity index (χ2v) is 5.69. The molecule has 1 aromatic heterocycles. The summed E-state index contributed by atoms with van der Waals surface area (Å²) in [6.45, 7) is 2.67. The normalized spacial score (nSPS) is 14.3. The number of fused-ring (bicyclic) bond motifs is 1. The topological polar surface area (TPSA) is 66.6 Å². The lowest BCUT2D eigenvalue weighted by atomic mass is 10.1. The van der Waals surface area contributed by atoms with Gasteiger partial charge in [0.2, 0.25) is 6.79 Å². The Hall–Kier alpha value is -1.79. The second kappa shape index (κ2) is 5.68. The van der Waals surface area contributed by atoms with Crippen LogP contribution in [0.3, 0.4) is 0 Å². The number of benzene rings is 1. The van der Waals surface area contributed by atoms with Crippen molar-refractivity contribution < 1.29 is 14.2 Å². The van der Waals surface area contributed by atoms with Crippen molar-refractivity contribution in [1.29, 1.82) is 0 Å². The molecule has 1 atom stereocenters. The van der Waals surface area contributed by atoms with Gasteiger partial charge in [-0.3, -0.25) is 0 Å². The lowest BCUT2D eigenvalue weighted by Crippen LogP contribution is -2.18. The average molecular weight is 292 g/mol. The van der Waals surface area contributed by atoms with Gasteiger partial charge in [0.25, 0.3) is 0 Å². The number of hydrogen-bond acceptors (Lipinski definition) is 6. The highest BCUT2D eigenvalue weighted by Gasteiger charge is 2.19. The fourth-order valence-corrected chi connectivity index (χ4v) is 2.60. The van der Waals surface area contributed by atoms with Gasteiger partial charge in [-0.1, -0.05) is 0 Å². The molecular formula is C14H16N2O3S. The van der Waals surface area contributed by atoms with Crippen molar-refractivity contribution in [2.45, 2.75) is 26.0 Å². The van der Waals surface area contributed by atoms with Crippen molar-refractivity contribution in [3.8, 4) is 17.2 Å². The van der Waals surface area contributed by atoms with E-state index < -0.39 is 0 Å². The summed E-state index contributed by atoms with van der Waals surface area (Å²) in [5.74, 6) is 2.25. The second-order valence-electron chi connectivity index (χ2n) is 4.71. The van der Waals surface area contributed by atoms with Crippen molar-refractivity contribution in [1.82, 2.24) is 4.98 Å². The van der Waals surface area contributed by atoms with Crippen molar-refractivity contribution in [2.75, 3.05) is 6.79 Å². The van der Waals surface area contributed by atoms with E-state index in [0.717, 1.165) is 28.5 Å². The van der Waals surface area contributed by atoms with Gasteiger partial charge in [0.15, 0.2) is 11.5 Å². The van der Waals surface area contributed by atoms with Gasteiger partial charge in [0.1, 0.15) is 17.4 Å². The van der Waals surface area contributed by atoms with E-state index >= 15 is 0 Å². The van der Waals surface area contributed by atoms with Gasteiger partial charge >= 0.3 is 0 Å². The molecule has 2 heterocycles. The smallest absolute Gasteiger partial charge is 0.231 e. The van der Waals surface area contributed by atoms with Gasteiger partial charge in [-0.15, -0.1) is 11.3 Å². The summed E-state index contributed by atoms with van der Waals surface area (Å²) < 4.78 is 16.7. The zero-order chi connectivity index (χ0) is 13.9. The lowest BCUT2D eigenvalue weighted by Gasteiger charge is -2.13. The lowest BCUT2D eigenvalue weighted by molar-refractivity contribution is 0.173. The summed E-state index contributed by atoms with van der Waals surface area (Å²) in [4.78, 5) is 4.21. The predicted octanol–water partition coefficient (Wildman–Crippen LogP) is 2.34. The van der Waals surface area contributed by atoms with Crippen LogP contribution in [0.4, 0.5) is 0 Å². The van der Waals surface area contributed by atoms with Crippen molar-refractivity contribution in [3.63, 3.8) is 0 Å². The van der Waals surface area contributed by atoms with Gasteiger partial charge in [0.05, 0.1) is 0 Å². The molecule has 6 heteroatoms. The minimum absolute atomic E-state index is 0.0533. The third-order valence-corrected chi connectivity index (χ3v) is 3.69. The van der Waals surface area contributed by atoms with E-state index in [1.54, 1.807) is 17.5 Å². The standard InChI is InChI=1S/C14H16N2O3S/c1-9(15)4-10-5-12-13(19-8-18-12)6-11(10)17-7-14-16-2-3-20-14/h2-3,5-6,9H,4,7-8,15H2,1H3. The summed E-state index contributed by atoms with van der Waals surface area (Å²) in [5.41, 5.74) is 6.92. The molecular weight excluding hydrogens is 276 g/mol. The number of thiazole rings is 1. The Kier molecular flexibility index (Phi) is 3.75. The fraction of sp³-hybridized carbons (Fsp3) is 0.357. The minimum Gasteiger partial charge on any atom is -0.486 e. The van der Waals surface area contributed by atoms with Crippen molar-refractivity contribution in [3.05, 3.63) is 34.3 Å². The van der Waals surface area contributed by atoms with Crippen LogP contribution in [-0.4, -0.2) is 17.8 Å². The van der Waals surface area contributed by atoms with E-state index in [1.165, 1.54) is 0 Å². The summed E-state index contributed by atoms with van der Waals surface area (Å²) in [7, 11) is 0. The molecule has 0 aliphatic carbocycles. The third kappa shape index (κ3) is 2.86. The Morgan fingerprint density at radius 1 is 1.40 bits per heavy atom. The van der Waals surface area contributed by atoms with Crippen molar-refractivity contribution >= 4 is 11.3 Å². The SMILES string of the molecule is CC(N)Cc1cc2c(cc1OCc1nccs1)OCO2. The Morgan fingerprint density at radius 2 is 2.20 bits per heavy atom. The summed E-state index contributed by atoms with van der Waals surface area (Å²) in [5, 5.41) is 2.87. The molecule has 0 radical (unpaired) electrons. The maximum absolute atomic E-state index is 5.89. The monoisotopic (exact) mass is 292 g/mol. The van der Waals surface area contributed by atoms with Crippen LogP contribution in [-0.2, 0) is 13.0 Å². The van der Waals surface area contributed by atoms with E-state index in [-0.39, 0.29) is 12.8 Å². The molecule has 0 saturated heterocycles. The molecule has 106 valence electrons. The van der Waals surface area contributed by atoms with Gasteiger partial charge < -0.3 is 19.9 Å². The molecule has 0 amide bonds. The molecule has 0 spiro atoms. The molecule has 1 unspecified atom stereocenters. The van der Waals surface area contributed by atoms with Gasteiger partial charge in [-0.05, 0) is 25.0 Å². The number of nitrogens with zero attached hydrogens (tertiary/aromatic N) is 1. The highest BCUT2D eigenvalue weighted by Crippen LogP contribution is 2.38. The number of nitrogens with two attached hydrogens (primary N) is 1. The van der Waals surface area contributed by atoms with Crippen molar-refractivity contribution in [2.24, 2.45) is 5.73 Å². The summed E-state index contributed by atoms with van der Waals surface area (Å²) >= 11 is 1.57. The van der Waals surface area contributed by atoms with E-state index in [4.69, 9.17) is 19.9 Å².